The molecule has 25 heavy (non-hydrogen) atoms. The molecule has 128 valence electrons. The molecule has 1 saturated heterocycles. The number of thioether (sulfide) groups is 1. The second-order valence-corrected chi connectivity index (χ2v) is 6.62. The highest BCUT2D eigenvalue weighted by Gasteiger charge is 2.34. The van der Waals surface area contributed by atoms with Crippen molar-refractivity contribution in [1.29, 1.82) is 0 Å². The van der Waals surface area contributed by atoms with E-state index in [9.17, 15) is 14.0 Å². The molecule has 0 aliphatic carbocycles. The predicted octanol–water partition coefficient (Wildman–Crippen LogP) is 4.38. The monoisotopic (exact) mass is 357 g/mol. The van der Waals surface area contributed by atoms with Crippen LogP contribution in [0.4, 0.5) is 9.18 Å². The Bertz CT molecular complexity index is 861. The zero-order valence-corrected chi connectivity index (χ0v) is 14.6. The van der Waals surface area contributed by atoms with E-state index in [4.69, 9.17) is 4.74 Å². The standard InChI is InChI=1S/C19H16FNO3S/c1-12-9-14(5-8-16(12)24-2)10-17-18(22)21(19(23)25-17)11-13-3-6-15(20)7-4-13/h3-10H,11H2,1-2H3. The van der Waals surface area contributed by atoms with Crippen LogP contribution in [0.15, 0.2) is 47.4 Å². The van der Waals surface area contributed by atoms with E-state index in [1.165, 1.54) is 17.0 Å². The van der Waals surface area contributed by atoms with Gasteiger partial charge in [-0.3, -0.25) is 14.5 Å². The third-order valence-corrected chi connectivity index (χ3v) is 4.75. The number of carbonyl (C=O) groups is 2. The van der Waals surface area contributed by atoms with E-state index in [1.54, 1.807) is 25.3 Å². The summed E-state index contributed by atoms with van der Waals surface area (Å²) < 4.78 is 18.2. The average Bonchev–Trinajstić information content (AvgIpc) is 2.84. The number of halogens is 1. The van der Waals surface area contributed by atoms with Crippen LogP contribution in [0.5, 0.6) is 5.75 Å². The minimum absolute atomic E-state index is 0.129. The summed E-state index contributed by atoms with van der Waals surface area (Å²) in [5, 5.41) is -0.328. The average molecular weight is 357 g/mol. The fourth-order valence-electron chi connectivity index (χ4n) is 2.55. The Morgan fingerprint density at radius 2 is 1.88 bits per heavy atom. The number of rotatable bonds is 4. The van der Waals surface area contributed by atoms with Gasteiger partial charge in [-0.05, 0) is 65.7 Å². The van der Waals surface area contributed by atoms with Crippen LogP contribution in [-0.2, 0) is 11.3 Å². The summed E-state index contributed by atoms with van der Waals surface area (Å²) >= 11 is 0.908. The van der Waals surface area contributed by atoms with Crippen LogP contribution in [0.3, 0.4) is 0 Å². The number of hydrogen-bond acceptors (Lipinski definition) is 4. The molecule has 1 fully saturated rings. The maximum Gasteiger partial charge on any atom is 0.293 e. The van der Waals surface area contributed by atoms with Crippen molar-refractivity contribution in [3.8, 4) is 5.75 Å². The number of imide groups is 1. The second kappa shape index (κ2) is 7.11. The maximum atomic E-state index is 13.0. The molecule has 4 nitrogen and oxygen atoms in total. The van der Waals surface area contributed by atoms with Crippen LogP contribution in [0.2, 0.25) is 0 Å². The van der Waals surface area contributed by atoms with Crippen molar-refractivity contribution in [1.82, 2.24) is 4.90 Å². The number of benzene rings is 2. The number of ether oxygens (including phenoxy) is 1. The Morgan fingerprint density at radius 3 is 2.52 bits per heavy atom. The molecule has 1 aliphatic rings. The van der Waals surface area contributed by atoms with E-state index in [0.717, 1.165) is 28.6 Å². The second-order valence-electron chi connectivity index (χ2n) is 5.62. The fourth-order valence-corrected chi connectivity index (χ4v) is 3.39. The van der Waals surface area contributed by atoms with E-state index in [1.807, 2.05) is 25.1 Å². The van der Waals surface area contributed by atoms with Gasteiger partial charge >= 0.3 is 0 Å². The lowest BCUT2D eigenvalue weighted by molar-refractivity contribution is -0.123. The van der Waals surface area contributed by atoms with Gasteiger partial charge in [-0.1, -0.05) is 18.2 Å². The van der Waals surface area contributed by atoms with Crippen molar-refractivity contribution in [3.63, 3.8) is 0 Å². The van der Waals surface area contributed by atoms with E-state index in [0.29, 0.717) is 10.5 Å². The predicted molar refractivity (Wildman–Crippen MR) is 95.6 cm³/mol. The third kappa shape index (κ3) is 3.74. The highest BCUT2D eigenvalue weighted by atomic mass is 32.2. The molecule has 0 atom stereocenters. The van der Waals surface area contributed by atoms with Gasteiger partial charge in [0.05, 0.1) is 18.6 Å². The molecule has 0 saturated carbocycles. The van der Waals surface area contributed by atoms with Gasteiger partial charge in [0.15, 0.2) is 0 Å². The lowest BCUT2D eigenvalue weighted by Gasteiger charge is -2.12. The van der Waals surface area contributed by atoms with Crippen LogP contribution in [0.1, 0.15) is 16.7 Å². The minimum atomic E-state index is -0.354. The molecular formula is C19H16FNO3S. The first-order valence-corrected chi connectivity index (χ1v) is 8.44. The first-order valence-electron chi connectivity index (χ1n) is 7.62. The molecule has 6 heteroatoms. The Morgan fingerprint density at radius 1 is 1.16 bits per heavy atom. The van der Waals surface area contributed by atoms with Crippen molar-refractivity contribution in [3.05, 3.63) is 69.9 Å². The molecule has 0 radical (unpaired) electrons. The van der Waals surface area contributed by atoms with E-state index in [-0.39, 0.29) is 23.5 Å². The van der Waals surface area contributed by atoms with Crippen LogP contribution in [0.25, 0.3) is 6.08 Å². The lowest BCUT2D eigenvalue weighted by Crippen LogP contribution is -2.27. The number of methoxy groups -OCH3 is 1. The molecule has 2 aromatic carbocycles. The SMILES string of the molecule is COc1ccc(C=C2SC(=O)N(Cc3ccc(F)cc3)C2=O)cc1C. The van der Waals surface area contributed by atoms with Gasteiger partial charge in [-0.2, -0.15) is 0 Å². The van der Waals surface area contributed by atoms with Crippen LogP contribution < -0.4 is 4.74 Å². The summed E-state index contributed by atoms with van der Waals surface area (Å²) in [5.74, 6) is 0.0713. The molecule has 0 bridgehead atoms. The topological polar surface area (TPSA) is 46.6 Å². The molecule has 3 rings (SSSR count). The fraction of sp³-hybridized carbons (Fsp3) is 0.158. The largest absolute Gasteiger partial charge is 0.496 e. The van der Waals surface area contributed by atoms with Crippen LogP contribution in [-0.4, -0.2) is 23.2 Å². The van der Waals surface area contributed by atoms with Crippen LogP contribution >= 0.6 is 11.8 Å². The number of nitrogens with zero attached hydrogens (tertiary/aromatic N) is 1. The molecule has 1 heterocycles. The summed E-state index contributed by atoms with van der Waals surface area (Å²) in [6.07, 6.45) is 1.70. The minimum Gasteiger partial charge on any atom is -0.496 e. The van der Waals surface area contributed by atoms with Gasteiger partial charge < -0.3 is 4.74 Å². The summed E-state index contributed by atoms with van der Waals surface area (Å²) in [6.45, 7) is 2.04. The molecule has 0 N–H and O–H groups in total. The van der Waals surface area contributed by atoms with Crippen molar-refractivity contribution in [2.24, 2.45) is 0 Å². The molecule has 1 aliphatic heterocycles. The summed E-state index contributed by atoms with van der Waals surface area (Å²) in [4.78, 5) is 26.2. The molecule has 0 spiro atoms. The molecular weight excluding hydrogens is 341 g/mol. The first-order chi connectivity index (χ1) is 12.0. The smallest absolute Gasteiger partial charge is 0.293 e. The normalized spacial score (nSPS) is 16.0. The van der Waals surface area contributed by atoms with Gasteiger partial charge in [0, 0.05) is 0 Å². The number of hydrogen-bond donors (Lipinski definition) is 0. The summed E-state index contributed by atoms with van der Waals surface area (Å²) in [5.41, 5.74) is 2.47. The van der Waals surface area contributed by atoms with Gasteiger partial charge in [0.2, 0.25) is 0 Å². The molecule has 0 aromatic heterocycles. The van der Waals surface area contributed by atoms with Gasteiger partial charge in [-0.15, -0.1) is 0 Å². The Kier molecular flexibility index (Phi) is 4.90. The van der Waals surface area contributed by atoms with Crippen molar-refractivity contribution >= 4 is 29.0 Å². The maximum absolute atomic E-state index is 13.0. The first kappa shape index (κ1) is 17.2. The summed E-state index contributed by atoms with van der Waals surface area (Å²) in [7, 11) is 1.60. The Labute approximate surface area is 149 Å². The number of amides is 2. The number of aryl methyl sites for hydroxylation is 1. The lowest BCUT2D eigenvalue weighted by atomic mass is 10.1. The third-order valence-electron chi connectivity index (χ3n) is 3.84. The van der Waals surface area contributed by atoms with Crippen molar-refractivity contribution < 1.29 is 18.7 Å². The zero-order valence-electron chi connectivity index (χ0n) is 13.8. The van der Waals surface area contributed by atoms with E-state index in [2.05, 4.69) is 0 Å². The molecule has 0 unspecified atom stereocenters. The van der Waals surface area contributed by atoms with Gasteiger partial charge in [-0.25, -0.2) is 4.39 Å². The van der Waals surface area contributed by atoms with Gasteiger partial charge in [0.25, 0.3) is 11.1 Å². The van der Waals surface area contributed by atoms with Crippen LogP contribution in [0, 0.1) is 12.7 Å². The quantitative estimate of drug-likeness (QED) is 0.762. The van der Waals surface area contributed by atoms with E-state index < -0.39 is 0 Å². The van der Waals surface area contributed by atoms with Crippen molar-refractivity contribution in [2.75, 3.05) is 7.11 Å². The van der Waals surface area contributed by atoms with Gasteiger partial charge in [0.1, 0.15) is 11.6 Å². The van der Waals surface area contributed by atoms with E-state index >= 15 is 0 Å². The zero-order chi connectivity index (χ0) is 18.0. The summed E-state index contributed by atoms with van der Waals surface area (Å²) in [6, 6.07) is 11.3. The molecule has 2 amide bonds. The molecule has 2 aromatic rings. The Balaban J connectivity index is 1.80. The number of carbonyl (C=O) groups excluding carboxylic acids is 2. The highest BCUT2D eigenvalue weighted by Crippen LogP contribution is 2.33. The van der Waals surface area contributed by atoms with Crippen molar-refractivity contribution in [2.45, 2.75) is 13.5 Å². The Hall–Kier alpha value is -2.60. The highest BCUT2D eigenvalue weighted by molar-refractivity contribution is 8.18.